The molecule has 0 saturated heterocycles. The van der Waals surface area contributed by atoms with Gasteiger partial charge in [0.15, 0.2) is 0 Å². The molecule has 1 unspecified atom stereocenters. The molecule has 2 heteroatoms. The van der Waals surface area contributed by atoms with Crippen molar-refractivity contribution in [1.82, 2.24) is 5.32 Å². The molecule has 0 aromatic heterocycles. The highest BCUT2D eigenvalue weighted by Gasteiger charge is 2.06. The highest BCUT2D eigenvalue weighted by molar-refractivity contribution is 5.91. The topological polar surface area (TPSA) is 29.1 Å². The fraction of sp³-hybridized carbons (Fsp3) is 0.286. The molecule has 0 aliphatic heterocycles. The quantitative estimate of drug-likeness (QED) is 0.765. The second kappa shape index (κ2) is 8.33. The highest BCUT2D eigenvalue weighted by Crippen LogP contribution is 2.12. The number of amides is 1. The van der Waals surface area contributed by atoms with Crippen molar-refractivity contribution >= 4 is 12.0 Å². The lowest BCUT2D eigenvalue weighted by Crippen LogP contribution is -2.24. The number of nitrogens with one attached hydrogen (secondary N) is 1. The molecule has 0 spiro atoms. The number of hydrogen-bond acceptors (Lipinski definition) is 1. The zero-order valence-electron chi connectivity index (χ0n) is 14.1. The van der Waals surface area contributed by atoms with E-state index in [1.165, 1.54) is 5.56 Å². The van der Waals surface area contributed by atoms with Crippen LogP contribution in [0.15, 0.2) is 60.7 Å². The first-order valence-electron chi connectivity index (χ1n) is 8.17. The Morgan fingerprint density at radius 3 is 2.26 bits per heavy atom. The Morgan fingerprint density at radius 2 is 1.65 bits per heavy atom. The van der Waals surface area contributed by atoms with Gasteiger partial charge in [0.1, 0.15) is 0 Å². The average molecular weight is 307 g/mol. The Labute approximate surface area is 139 Å². The molecule has 0 fully saturated rings. The van der Waals surface area contributed by atoms with Gasteiger partial charge in [-0.15, -0.1) is 0 Å². The number of hydrogen-bond donors (Lipinski definition) is 1. The lowest BCUT2D eigenvalue weighted by molar-refractivity contribution is -0.117. The standard InChI is InChI=1S/C21H25NO/c1-16(2)15-19-11-9-18(10-12-19)13-14-21(23)22-17(3)20-7-5-4-6-8-20/h4-14,16-17H,15H2,1-3H3,(H,22,23). The Kier molecular flexibility index (Phi) is 6.16. The molecule has 0 radical (unpaired) electrons. The maximum atomic E-state index is 12.0. The van der Waals surface area contributed by atoms with Crippen molar-refractivity contribution in [2.45, 2.75) is 33.2 Å². The number of carbonyl (C=O) groups excluding carboxylic acids is 1. The molecule has 2 aromatic carbocycles. The Morgan fingerprint density at radius 1 is 1.00 bits per heavy atom. The van der Waals surface area contributed by atoms with Gasteiger partial charge >= 0.3 is 0 Å². The third-order valence-corrected chi connectivity index (χ3v) is 3.71. The molecule has 2 nitrogen and oxygen atoms in total. The average Bonchev–Trinajstić information content (AvgIpc) is 2.54. The van der Waals surface area contributed by atoms with E-state index in [1.807, 2.05) is 43.3 Å². The Hall–Kier alpha value is -2.35. The van der Waals surface area contributed by atoms with Crippen LogP contribution in [0, 0.1) is 5.92 Å². The van der Waals surface area contributed by atoms with Crippen molar-refractivity contribution in [3.8, 4) is 0 Å². The normalized spacial score (nSPS) is 12.5. The molecule has 0 aliphatic rings. The van der Waals surface area contributed by atoms with Crippen LogP contribution >= 0.6 is 0 Å². The zero-order chi connectivity index (χ0) is 16.7. The van der Waals surface area contributed by atoms with Crippen LogP contribution in [-0.2, 0) is 11.2 Å². The van der Waals surface area contributed by atoms with Crippen LogP contribution in [0.5, 0.6) is 0 Å². The van der Waals surface area contributed by atoms with Crippen LogP contribution in [0.3, 0.4) is 0 Å². The summed E-state index contributed by atoms with van der Waals surface area (Å²) in [6.45, 7) is 6.42. The molecule has 0 saturated carbocycles. The van der Waals surface area contributed by atoms with Crippen LogP contribution in [-0.4, -0.2) is 5.91 Å². The molecular formula is C21H25NO. The molecule has 2 rings (SSSR count). The summed E-state index contributed by atoms with van der Waals surface area (Å²) in [5.74, 6) is 0.578. The molecule has 1 atom stereocenters. The fourth-order valence-electron chi connectivity index (χ4n) is 2.49. The van der Waals surface area contributed by atoms with Gasteiger partial charge in [-0.05, 0) is 42.0 Å². The van der Waals surface area contributed by atoms with Crippen LogP contribution < -0.4 is 5.32 Å². The van der Waals surface area contributed by atoms with E-state index >= 15 is 0 Å². The van der Waals surface area contributed by atoms with E-state index in [4.69, 9.17) is 0 Å². The number of rotatable bonds is 6. The summed E-state index contributed by atoms with van der Waals surface area (Å²) in [5.41, 5.74) is 3.48. The molecule has 0 heterocycles. The lowest BCUT2D eigenvalue weighted by Gasteiger charge is -2.12. The SMILES string of the molecule is CC(C)Cc1ccc(C=CC(=O)NC(C)c2ccccc2)cc1. The Balaban J connectivity index is 1.90. The summed E-state index contributed by atoms with van der Waals surface area (Å²) in [6, 6.07) is 18.3. The molecular weight excluding hydrogens is 282 g/mol. The van der Waals surface area contributed by atoms with E-state index in [0.29, 0.717) is 5.92 Å². The van der Waals surface area contributed by atoms with Gasteiger partial charge in [-0.1, -0.05) is 68.4 Å². The molecule has 120 valence electrons. The minimum Gasteiger partial charge on any atom is -0.346 e. The monoisotopic (exact) mass is 307 g/mol. The van der Waals surface area contributed by atoms with Crippen LogP contribution in [0.4, 0.5) is 0 Å². The minimum absolute atomic E-state index is 0.00164. The van der Waals surface area contributed by atoms with Crippen molar-refractivity contribution in [3.05, 3.63) is 77.4 Å². The molecule has 1 N–H and O–H groups in total. The smallest absolute Gasteiger partial charge is 0.244 e. The van der Waals surface area contributed by atoms with E-state index in [1.54, 1.807) is 6.08 Å². The van der Waals surface area contributed by atoms with Crippen LogP contribution in [0.1, 0.15) is 43.5 Å². The molecule has 1 amide bonds. The summed E-state index contributed by atoms with van der Waals surface area (Å²) in [6.07, 6.45) is 4.53. The van der Waals surface area contributed by atoms with E-state index in [-0.39, 0.29) is 11.9 Å². The van der Waals surface area contributed by atoms with Gasteiger partial charge in [0.2, 0.25) is 5.91 Å². The summed E-state index contributed by atoms with van der Waals surface area (Å²) in [7, 11) is 0. The summed E-state index contributed by atoms with van der Waals surface area (Å²) in [5, 5.41) is 2.98. The minimum atomic E-state index is -0.0763. The van der Waals surface area contributed by atoms with Gasteiger partial charge in [0.05, 0.1) is 6.04 Å². The Bertz CT molecular complexity index is 641. The van der Waals surface area contributed by atoms with Gasteiger partial charge < -0.3 is 5.32 Å². The van der Waals surface area contributed by atoms with Gasteiger partial charge in [-0.3, -0.25) is 4.79 Å². The fourth-order valence-corrected chi connectivity index (χ4v) is 2.49. The van der Waals surface area contributed by atoms with Crippen molar-refractivity contribution in [1.29, 1.82) is 0 Å². The lowest BCUT2D eigenvalue weighted by atomic mass is 10.0. The molecule has 0 aliphatic carbocycles. The third-order valence-electron chi connectivity index (χ3n) is 3.71. The van der Waals surface area contributed by atoms with Gasteiger partial charge in [-0.25, -0.2) is 0 Å². The van der Waals surface area contributed by atoms with Gasteiger partial charge in [0.25, 0.3) is 0 Å². The van der Waals surface area contributed by atoms with Crippen molar-refractivity contribution in [2.75, 3.05) is 0 Å². The van der Waals surface area contributed by atoms with E-state index < -0.39 is 0 Å². The predicted molar refractivity (Wildman–Crippen MR) is 97.0 cm³/mol. The first kappa shape index (κ1) is 17.0. The number of benzene rings is 2. The molecule has 2 aromatic rings. The van der Waals surface area contributed by atoms with E-state index in [0.717, 1.165) is 17.5 Å². The van der Waals surface area contributed by atoms with Crippen LogP contribution in [0.2, 0.25) is 0 Å². The van der Waals surface area contributed by atoms with Crippen molar-refractivity contribution in [3.63, 3.8) is 0 Å². The zero-order valence-corrected chi connectivity index (χ0v) is 14.1. The largest absolute Gasteiger partial charge is 0.346 e. The van der Waals surface area contributed by atoms with Crippen LogP contribution in [0.25, 0.3) is 6.08 Å². The summed E-state index contributed by atoms with van der Waals surface area (Å²) >= 11 is 0. The van der Waals surface area contributed by atoms with Gasteiger partial charge in [0, 0.05) is 6.08 Å². The van der Waals surface area contributed by atoms with Crippen molar-refractivity contribution in [2.24, 2.45) is 5.92 Å². The van der Waals surface area contributed by atoms with Gasteiger partial charge in [-0.2, -0.15) is 0 Å². The first-order valence-corrected chi connectivity index (χ1v) is 8.17. The summed E-state index contributed by atoms with van der Waals surface area (Å²) < 4.78 is 0. The predicted octanol–water partition coefficient (Wildman–Crippen LogP) is 4.78. The second-order valence-corrected chi connectivity index (χ2v) is 6.31. The molecule has 0 bridgehead atoms. The van der Waals surface area contributed by atoms with Crippen molar-refractivity contribution < 1.29 is 4.79 Å². The third kappa shape index (κ3) is 5.74. The van der Waals surface area contributed by atoms with E-state index in [9.17, 15) is 4.79 Å². The van der Waals surface area contributed by atoms with E-state index in [2.05, 4.69) is 43.4 Å². The molecule has 23 heavy (non-hydrogen) atoms. The highest BCUT2D eigenvalue weighted by atomic mass is 16.1. The summed E-state index contributed by atoms with van der Waals surface area (Å²) in [4.78, 5) is 12.0. The number of carbonyl (C=O) groups is 1. The maximum absolute atomic E-state index is 12.0. The second-order valence-electron chi connectivity index (χ2n) is 6.31. The first-order chi connectivity index (χ1) is 11.0. The maximum Gasteiger partial charge on any atom is 0.244 e.